The first-order valence-electron chi connectivity index (χ1n) is 11.3. The highest BCUT2D eigenvalue weighted by Gasteiger charge is 2.32. The molecular weight excluding hydrogens is 480 g/mol. The van der Waals surface area contributed by atoms with Gasteiger partial charge in [0.05, 0.1) is 5.56 Å². The molecule has 2 heterocycles. The van der Waals surface area contributed by atoms with Gasteiger partial charge in [-0.25, -0.2) is 9.18 Å². The number of piperazine rings is 1. The lowest BCUT2D eigenvalue weighted by Crippen LogP contribution is -2.46. The number of alkyl halides is 3. The minimum atomic E-state index is -4.54. The molecule has 0 bridgehead atoms. The van der Waals surface area contributed by atoms with Crippen LogP contribution in [-0.4, -0.2) is 47.7 Å². The summed E-state index contributed by atoms with van der Waals surface area (Å²) >= 11 is 0. The van der Waals surface area contributed by atoms with Crippen molar-refractivity contribution in [2.24, 2.45) is 7.05 Å². The molecule has 7 nitrogen and oxygen atoms in total. The predicted molar refractivity (Wildman–Crippen MR) is 126 cm³/mol. The minimum absolute atomic E-state index is 0.0444. The van der Waals surface area contributed by atoms with Gasteiger partial charge in [0.25, 0.3) is 0 Å². The van der Waals surface area contributed by atoms with Gasteiger partial charge in [-0.15, -0.1) is 0 Å². The van der Waals surface area contributed by atoms with E-state index in [4.69, 9.17) is 9.47 Å². The largest absolute Gasteiger partial charge is 0.473 e. The molecule has 0 unspecified atom stereocenters. The van der Waals surface area contributed by atoms with E-state index in [2.05, 4.69) is 14.8 Å². The number of hydrogen-bond acceptors (Lipinski definition) is 6. The Hall–Kier alpha value is -3.60. The summed E-state index contributed by atoms with van der Waals surface area (Å²) in [4.78, 5) is 20.6. The maximum atomic E-state index is 14.6. The van der Waals surface area contributed by atoms with Crippen LogP contribution >= 0.6 is 0 Å². The van der Waals surface area contributed by atoms with E-state index >= 15 is 0 Å². The molecule has 1 saturated heterocycles. The molecule has 0 N–H and O–H groups in total. The first-order valence-corrected chi connectivity index (χ1v) is 11.3. The van der Waals surface area contributed by atoms with Crippen LogP contribution in [-0.2, 0) is 19.8 Å². The Morgan fingerprint density at radius 2 is 1.72 bits per heavy atom. The van der Waals surface area contributed by atoms with Gasteiger partial charge in [-0.1, -0.05) is 12.1 Å². The summed E-state index contributed by atoms with van der Waals surface area (Å²) in [7, 11) is 3.68. The fourth-order valence-corrected chi connectivity index (χ4v) is 3.89. The van der Waals surface area contributed by atoms with Crippen molar-refractivity contribution in [2.75, 3.05) is 38.1 Å². The molecule has 0 atom stereocenters. The number of rotatable bonds is 6. The van der Waals surface area contributed by atoms with Gasteiger partial charge in [-0.3, -0.25) is 4.57 Å². The minimum Gasteiger partial charge on any atom is -0.473 e. The molecule has 1 aromatic heterocycles. The molecule has 1 aliphatic heterocycles. The van der Waals surface area contributed by atoms with Crippen LogP contribution in [0.5, 0.6) is 17.4 Å². The van der Waals surface area contributed by atoms with Gasteiger partial charge < -0.3 is 19.3 Å². The molecule has 192 valence electrons. The maximum absolute atomic E-state index is 14.6. The van der Waals surface area contributed by atoms with Crippen molar-refractivity contribution in [2.45, 2.75) is 19.7 Å². The van der Waals surface area contributed by atoms with Crippen LogP contribution in [0.15, 0.2) is 47.3 Å². The third kappa shape index (κ3) is 5.78. The first-order chi connectivity index (χ1) is 17.0. The zero-order chi connectivity index (χ0) is 26.0. The van der Waals surface area contributed by atoms with E-state index in [1.807, 2.05) is 7.05 Å². The van der Waals surface area contributed by atoms with E-state index in [-0.39, 0.29) is 29.5 Å². The van der Waals surface area contributed by atoms with Crippen LogP contribution in [0.3, 0.4) is 0 Å². The Kier molecular flexibility index (Phi) is 7.21. The van der Waals surface area contributed by atoms with Gasteiger partial charge in [0.1, 0.15) is 18.2 Å². The van der Waals surface area contributed by atoms with Crippen LogP contribution in [0.2, 0.25) is 0 Å². The number of halogens is 4. The molecule has 0 saturated carbocycles. The molecule has 2 aromatic carbocycles. The highest BCUT2D eigenvalue weighted by atomic mass is 19.4. The van der Waals surface area contributed by atoms with Gasteiger partial charge in [-0.2, -0.15) is 18.2 Å². The normalized spacial score (nSPS) is 14.7. The summed E-state index contributed by atoms with van der Waals surface area (Å²) in [5.41, 5.74) is -0.832. The van der Waals surface area contributed by atoms with Crippen molar-refractivity contribution in [1.29, 1.82) is 0 Å². The molecular formula is C25H26F4N4O3. The quantitative estimate of drug-likeness (QED) is 0.463. The summed E-state index contributed by atoms with van der Waals surface area (Å²) in [5, 5.41) is 0. The summed E-state index contributed by atoms with van der Waals surface area (Å²) < 4.78 is 66.6. The second kappa shape index (κ2) is 10.2. The number of anilines is 1. The molecule has 4 rings (SSSR count). The lowest BCUT2D eigenvalue weighted by Gasteiger charge is -2.34. The number of ether oxygens (including phenoxy) is 2. The van der Waals surface area contributed by atoms with Gasteiger partial charge in [0.15, 0.2) is 11.6 Å². The van der Waals surface area contributed by atoms with Crippen LogP contribution in [0, 0.1) is 12.7 Å². The summed E-state index contributed by atoms with van der Waals surface area (Å²) in [6.45, 7) is 4.51. The second-order valence-corrected chi connectivity index (χ2v) is 8.71. The SMILES string of the molecule is Cc1ccc(Oc2ccc(COc3cc(N4CCN(C)CC4)n(C)c(=O)n3)cc2F)cc1C(F)(F)F. The van der Waals surface area contributed by atoms with Gasteiger partial charge in [-0.05, 0) is 49.4 Å². The predicted octanol–water partition coefficient (Wildman–Crippen LogP) is 4.37. The van der Waals surface area contributed by atoms with Crippen molar-refractivity contribution in [3.63, 3.8) is 0 Å². The topological polar surface area (TPSA) is 59.8 Å². The van der Waals surface area contributed by atoms with Gasteiger partial charge >= 0.3 is 11.9 Å². The van der Waals surface area contributed by atoms with Crippen molar-refractivity contribution in [1.82, 2.24) is 14.5 Å². The van der Waals surface area contributed by atoms with Crippen molar-refractivity contribution in [3.8, 4) is 17.4 Å². The average molecular weight is 507 g/mol. The molecule has 0 amide bonds. The fraction of sp³-hybridized carbons (Fsp3) is 0.360. The Morgan fingerprint density at radius 3 is 2.39 bits per heavy atom. The van der Waals surface area contributed by atoms with Crippen LogP contribution in [0.25, 0.3) is 0 Å². The molecule has 11 heteroatoms. The number of aryl methyl sites for hydroxylation is 1. The zero-order valence-electron chi connectivity index (χ0n) is 20.1. The highest BCUT2D eigenvalue weighted by molar-refractivity contribution is 5.43. The van der Waals surface area contributed by atoms with E-state index in [0.717, 1.165) is 38.3 Å². The summed E-state index contributed by atoms with van der Waals surface area (Å²) in [6, 6.07) is 9.14. The second-order valence-electron chi connectivity index (χ2n) is 8.71. The van der Waals surface area contributed by atoms with E-state index in [1.165, 1.54) is 35.8 Å². The van der Waals surface area contributed by atoms with Crippen LogP contribution < -0.4 is 20.1 Å². The van der Waals surface area contributed by atoms with Crippen molar-refractivity contribution in [3.05, 3.63) is 75.5 Å². The molecule has 36 heavy (non-hydrogen) atoms. The third-order valence-corrected chi connectivity index (χ3v) is 6.04. The number of nitrogens with zero attached hydrogens (tertiary/aromatic N) is 4. The summed E-state index contributed by atoms with van der Waals surface area (Å²) in [5.74, 6) is -0.312. The van der Waals surface area contributed by atoms with Crippen LogP contribution in [0.1, 0.15) is 16.7 Å². The smallest absolute Gasteiger partial charge is 0.416 e. The van der Waals surface area contributed by atoms with Gasteiger partial charge in [0, 0.05) is 39.3 Å². The zero-order valence-corrected chi connectivity index (χ0v) is 20.1. The van der Waals surface area contributed by atoms with Crippen LogP contribution in [0.4, 0.5) is 23.4 Å². The monoisotopic (exact) mass is 506 g/mol. The van der Waals surface area contributed by atoms with Crippen molar-refractivity contribution < 1.29 is 27.0 Å². The molecule has 1 fully saturated rings. The standard InChI is InChI=1S/C25H26F4N4O3/c1-16-4-6-18(13-19(16)25(27,28)29)36-21-7-5-17(12-20(21)26)15-35-22-14-23(32(3)24(34)30-22)33-10-8-31(2)9-11-33/h4-7,12-14H,8-11,15H2,1-3H3. The van der Waals surface area contributed by atoms with Gasteiger partial charge in [0.2, 0.25) is 5.88 Å². The lowest BCUT2D eigenvalue weighted by molar-refractivity contribution is -0.138. The number of aromatic nitrogens is 2. The molecule has 0 aliphatic carbocycles. The Morgan fingerprint density at radius 1 is 1.00 bits per heavy atom. The first kappa shape index (κ1) is 25.5. The fourth-order valence-electron chi connectivity index (χ4n) is 3.89. The van der Waals surface area contributed by atoms with Crippen molar-refractivity contribution >= 4 is 5.82 Å². The average Bonchev–Trinajstić information content (AvgIpc) is 2.82. The molecule has 3 aromatic rings. The number of hydrogen-bond donors (Lipinski definition) is 0. The van der Waals surface area contributed by atoms with E-state index in [9.17, 15) is 22.4 Å². The Labute approximate surface area is 205 Å². The molecule has 0 spiro atoms. The lowest BCUT2D eigenvalue weighted by atomic mass is 10.1. The third-order valence-electron chi connectivity index (χ3n) is 6.04. The summed E-state index contributed by atoms with van der Waals surface area (Å²) in [6.07, 6.45) is -4.54. The van der Waals surface area contributed by atoms with E-state index in [1.54, 1.807) is 13.1 Å². The Balaban J connectivity index is 1.46. The van der Waals surface area contributed by atoms with E-state index in [0.29, 0.717) is 11.4 Å². The highest BCUT2D eigenvalue weighted by Crippen LogP contribution is 2.35. The number of likely N-dealkylation sites (N-methyl/N-ethyl adjacent to an activating group) is 1. The maximum Gasteiger partial charge on any atom is 0.416 e. The Bertz CT molecular complexity index is 1300. The number of benzene rings is 2. The molecule has 0 radical (unpaired) electrons. The van der Waals surface area contributed by atoms with E-state index < -0.39 is 23.2 Å². The molecule has 1 aliphatic rings.